The minimum atomic E-state index is -3.62. The Hall–Kier alpha value is -2.78. The quantitative estimate of drug-likeness (QED) is 0.414. The molecule has 2 aromatic carbocycles. The Kier molecular flexibility index (Phi) is 11.0. The number of aryl methyl sites for hydroxylation is 1. The van der Waals surface area contributed by atoms with Gasteiger partial charge in [0.05, 0.1) is 24.1 Å². The van der Waals surface area contributed by atoms with E-state index in [0.717, 1.165) is 17.4 Å². The van der Waals surface area contributed by atoms with Crippen molar-refractivity contribution in [2.24, 2.45) is 0 Å². The number of benzene rings is 2. The lowest BCUT2D eigenvalue weighted by Gasteiger charge is -2.31. The van der Waals surface area contributed by atoms with E-state index in [1.54, 1.807) is 17.0 Å². The average Bonchev–Trinajstić information content (AvgIpc) is 2.82. The van der Waals surface area contributed by atoms with E-state index in [-0.39, 0.29) is 36.2 Å². The molecule has 0 bridgehead atoms. The average molecular weight is 538 g/mol. The second kappa shape index (κ2) is 13.5. The molecule has 0 saturated heterocycles. The van der Waals surface area contributed by atoms with Crippen molar-refractivity contribution in [2.45, 2.75) is 52.6 Å². The molecule has 0 aliphatic heterocycles. The smallest absolute Gasteiger partial charge is 0.242 e. The Morgan fingerprint density at radius 1 is 1.14 bits per heavy atom. The van der Waals surface area contributed by atoms with E-state index in [1.807, 2.05) is 45.0 Å². The van der Waals surface area contributed by atoms with Gasteiger partial charge in [-0.25, -0.2) is 8.42 Å². The molecule has 36 heavy (non-hydrogen) atoms. The molecular weight excluding hydrogens is 502 g/mol. The molecule has 0 aliphatic rings. The predicted molar refractivity (Wildman–Crippen MR) is 144 cm³/mol. The van der Waals surface area contributed by atoms with Gasteiger partial charge in [-0.2, -0.15) is 0 Å². The van der Waals surface area contributed by atoms with Gasteiger partial charge in [-0.15, -0.1) is 0 Å². The maximum absolute atomic E-state index is 13.4. The van der Waals surface area contributed by atoms with Crippen LogP contribution in [0.15, 0.2) is 42.5 Å². The number of methoxy groups -OCH3 is 1. The van der Waals surface area contributed by atoms with E-state index in [2.05, 4.69) is 5.32 Å². The number of carbonyl (C=O) groups is 2. The predicted octanol–water partition coefficient (Wildman–Crippen LogP) is 4.15. The van der Waals surface area contributed by atoms with Crippen LogP contribution in [-0.2, 0) is 26.2 Å². The molecular formula is C26H36ClN3O5S. The van der Waals surface area contributed by atoms with Crippen LogP contribution in [0.2, 0.25) is 5.02 Å². The van der Waals surface area contributed by atoms with Crippen molar-refractivity contribution in [3.8, 4) is 5.75 Å². The van der Waals surface area contributed by atoms with Crippen LogP contribution in [0, 0.1) is 6.92 Å². The molecule has 1 unspecified atom stereocenters. The number of amides is 2. The molecule has 0 heterocycles. The zero-order valence-electron chi connectivity index (χ0n) is 21.6. The van der Waals surface area contributed by atoms with E-state index in [1.165, 1.54) is 17.5 Å². The van der Waals surface area contributed by atoms with Gasteiger partial charge < -0.3 is 15.0 Å². The van der Waals surface area contributed by atoms with E-state index in [4.69, 9.17) is 16.3 Å². The Bertz CT molecular complexity index is 1160. The second-order valence-electron chi connectivity index (χ2n) is 8.52. The van der Waals surface area contributed by atoms with Gasteiger partial charge in [-0.3, -0.25) is 13.9 Å². The topological polar surface area (TPSA) is 96.0 Å². The second-order valence-corrected chi connectivity index (χ2v) is 10.8. The number of hydrogen-bond donors (Lipinski definition) is 1. The SMILES string of the molecule is CCNC(=O)C(CC)N(Cc1ccccc1C)C(=O)CCCN(c1ccc(OC)c(Cl)c1)S(C)(=O)=O. The summed E-state index contributed by atoms with van der Waals surface area (Å²) in [7, 11) is -2.14. The Balaban J connectivity index is 2.23. The first-order valence-corrected chi connectivity index (χ1v) is 14.2. The highest BCUT2D eigenvalue weighted by Gasteiger charge is 2.29. The fourth-order valence-corrected chi connectivity index (χ4v) is 5.21. The largest absolute Gasteiger partial charge is 0.495 e. The lowest BCUT2D eigenvalue weighted by Crippen LogP contribution is -2.49. The molecule has 2 amide bonds. The minimum absolute atomic E-state index is 0.0810. The van der Waals surface area contributed by atoms with Crippen LogP contribution in [0.5, 0.6) is 5.75 Å². The highest BCUT2D eigenvalue weighted by atomic mass is 35.5. The van der Waals surface area contributed by atoms with Crippen molar-refractivity contribution in [1.82, 2.24) is 10.2 Å². The summed E-state index contributed by atoms with van der Waals surface area (Å²) < 4.78 is 31.4. The summed E-state index contributed by atoms with van der Waals surface area (Å²) in [5.74, 6) is 0.0250. The molecule has 198 valence electrons. The normalized spacial score (nSPS) is 12.1. The summed E-state index contributed by atoms with van der Waals surface area (Å²) in [6, 6.07) is 11.9. The summed E-state index contributed by atoms with van der Waals surface area (Å²) in [5.41, 5.74) is 2.38. The van der Waals surface area contributed by atoms with Gasteiger partial charge in [-0.1, -0.05) is 42.8 Å². The van der Waals surface area contributed by atoms with Crippen molar-refractivity contribution in [3.05, 3.63) is 58.6 Å². The van der Waals surface area contributed by atoms with Crippen LogP contribution in [-0.4, -0.2) is 57.6 Å². The number of carbonyl (C=O) groups excluding carboxylic acids is 2. The van der Waals surface area contributed by atoms with Crippen molar-refractivity contribution >= 4 is 39.1 Å². The molecule has 0 fully saturated rings. The molecule has 10 heteroatoms. The Morgan fingerprint density at radius 2 is 1.83 bits per heavy atom. The molecule has 0 aliphatic carbocycles. The van der Waals surface area contributed by atoms with Crippen LogP contribution >= 0.6 is 11.6 Å². The molecule has 0 saturated carbocycles. The van der Waals surface area contributed by atoms with Gasteiger partial charge in [0.15, 0.2) is 0 Å². The lowest BCUT2D eigenvalue weighted by molar-refractivity contribution is -0.141. The van der Waals surface area contributed by atoms with Gasteiger partial charge in [0.25, 0.3) is 0 Å². The van der Waals surface area contributed by atoms with Crippen molar-refractivity contribution in [2.75, 3.05) is 30.8 Å². The van der Waals surface area contributed by atoms with E-state index >= 15 is 0 Å². The van der Waals surface area contributed by atoms with Crippen LogP contribution in [0.4, 0.5) is 5.69 Å². The molecule has 0 aromatic heterocycles. The molecule has 8 nitrogen and oxygen atoms in total. The summed E-state index contributed by atoms with van der Waals surface area (Å²) in [5, 5.41) is 3.11. The fraction of sp³-hybridized carbons (Fsp3) is 0.462. The highest BCUT2D eigenvalue weighted by Crippen LogP contribution is 2.30. The standard InChI is InChI=1S/C26H36ClN3O5S/c1-6-23(26(32)28-7-2)29(18-20-12-9-8-11-19(20)3)25(31)13-10-16-30(36(5,33)34)21-14-15-24(35-4)22(27)17-21/h8-9,11-12,14-15,17,23H,6-7,10,13,16,18H2,1-5H3,(H,28,32). The van der Waals surface area contributed by atoms with E-state index < -0.39 is 16.1 Å². The van der Waals surface area contributed by atoms with Gasteiger partial charge in [0.1, 0.15) is 11.8 Å². The number of likely N-dealkylation sites (N-methyl/N-ethyl adjacent to an activating group) is 1. The molecule has 0 radical (unpaired) electrons. The number of sulfonamides is 1. The summed E-state index contributed by atoms with van der Waals surface area (Å²) in [6.45, 7) is 6.53. The number of hydrogen-bond acceptors (Lipinski definition) is 5. The van der Waals surface area contributed by atoms with Crippen molar-refractivity contribution in [3.63, 3.8) is 0 Å². The summed E-state index contributed by atoms with van der Waals surface area (Å²) >= 11 is 6.20. The fourth-order valence-electron chi connectivity index (χ4n) is 4.00. The zero-order chi connectivity index (χ0) is 26.9. The number of anilines is 1. The van der Waals surface area contributed by atoms with Crippen molar-refractivity contribution in [1.29, 1.82) is 0 Å². The molecule has 0 spiro atoms. The maximum Gasteiger partial charge on any atom is 0.242 e. The molecule has 1 atom stereocenters. The van der Waals surface area contributed by atoms with Crippen molar-refractivity contribution < 1.29 is 22.7 Å². The first kappa shape index (κ1) is 29.5. The number of nitrogens with one attached hydrogen (secondary N) is 1. The monoisotopic (exact) mass is 537 g/mol. The Labute approximate surface area is 219 Å². The zero-order valence-corrected chi connectivity index (χ0v) is 23.2. The number of ether oxygens (including phenoxy) is 1. The number of rotatable bonds is 13. The Morgan fingerprint density at radius 3 is 2.39 bits per heavy atom. The van der Waals surface area contributed by atoms with Crippen LogP contribution in [0.1, 0.15) is 44.2 Å². The van der Waals surface area contributed by atoms with Gasteiger partial charge in [-0.05, 0) is 56.0 Å². The molecule has 1 N–H and O–H groups in total. The van der Waals surface area contributed by atoms with Gasteiger partial charge >= 0.3 is 0 Å². The summed E-state index contributed by atoms with van der Waals surface area (Å²) in [4.78, 5) is 27.8. The van der Waals surface area contributed by atoms with E-state index in [0.29, 0.717) is 30.9 Å². The number of halogens is 1. The summed E-state index contributed by atoms with van der Waals surface area (Å²) in [6.07, 6.45) is 1.92. The van der Waals surface area contributed by atoms with E-state index in [9.17, 15) is 18.0 Å². The third kappa shape index (κ3) is 7.86. The molecule has 2 aromatic rings. The third-order valence-corrected chi connectivity index (χ3v) is 7.40. The highest BCUT2D eigenvalue weighted by molar-refractivity contribution is 7.92. The van der Waals surface area contributed by atoms with Crippen LogP contribution < -0.4 is 14.4 Å². The maximum atomic E-state index is 13.4. The van der Waals surface area contributed by atoms with Gasteiger partial charge in [0, 0.05) is 26.1 Å². The van der Waals surface area contributed by atoms with Gasteiger partial charge in [0.2, 0.25) is 21.8 Å². The van der Waals surface area contributed by atoms with Crippen LogP contribution in [0.25, 0.3) is 0 Å². The number of nitrogens with zero attached hydrogens (tertiary/aromatic N) is 2. The van der Waals surface area contributed by atoms with Crippen LogP contribution in [0.3, 0.4) is 0 Å². The minimum Gasteiger partial charge on any atom is -0.495 e. The third-order valence-electron chi connectivity index (χ3n) is 5.91. The molecule has 2 rings (SSSR count). The lowest BCUT2D eigenvalue weighted by atomic mass is 10.1. The first-order chi connectivity index (χ1) is 17.0. The first-order valence-electron chi connectivity index (χ1n) is 12.0.